The van der Waals surface area contributed by atoms with Gasteiger partial charge in [0.05, 0.1) is 0 Å². The van der Waals surface area contributed by atoms with E-state index < -0.39 is 0 Å². The van der Waals surface area contributed by atoms with E-state index in [9.17, 15) is 0 Å². The van der Waals surface area contributed by atoms with Crippen LogP contribution in [0.2, 0.25) is 0 Å². The molecular weight excluding hydrogens is 355 g/mol. The van der Waals surface area contributed by atoms with Crippen molar-refractivity contribution < 1.29 is 9.47 Å². The fourth-order valence-corrected chi connectivity index (χ4v) is 4.92. The second-order valence-electron chi connectivity index (χ2n) is 7.71. The molecule has 0 amide bonds. The first kappa shape index (κ1) is 15.2. The number of hydrogen-bond acceptors (Lipinski definition) is 2. The van der Waals surface area contributed by atoms with Gasteiger partial charge in [-0.25, -0.2) is 0 Å². The van der Waals surface area contributed by atoms with Crippen LogP contribution in [0, 0.1) is 0 Å². The number of para-hydroxylation sites is 1. The molecule has 5 aromatic carbocycles. The monoisotopic (exact) mass is 370 g/mol. The summed E-state index contributed by atoms with van der Waals surface area (Å²) in [6.45, 7) is 0.110. The molecule has 0 unspecified atom stereocenters. The zero-order valence-corrected chi connectivity index (χ0v) is 15.6. The summed E-state index contributed by atoms with van der Waals surface area (Å²) in [4.78, 5) is 0. The Morgan fingerprint density at radius 2 is 1.24 bits per heavy atom. The minimum Gasteiger partial charge on any atom is -0.458 e. The van der Waals surface area contributed by atoms with E-state index in [0.717, 1.165) is 28.5 Å². The van der Waals surface area contributed by atoms with E-state index in [4.69, 9.17) is 9.47 Å². The fourth-order valence-electron chi connectivity index (χ4n) is 4.92. The van der Waals surface area contributed by atoms with Crippen LogP contribution >= 0.6 is 0 Å². The summed E-state index contributed by atoms with van der Waals surface area (Å²) >= 11 is 0. The van der Waals surface area contributed by atoms with Crippen molar-refractivity contribution in [1.29, 1.82) is 0 Å². The smallest absolute Gasteiger partial charge is 0.260 e. The van der Waals surface area contributed by atoms with Gasteiger partial charge < -0.3 is 9.47 Å². The molecule has 2 aliphatic rings. The van der Waals surface area contributed by atoms with Gasteiger partial charge in [-0.1, -0.05) is 72.8 Å². The maximum absolute atomic E-state index is 6.58. The largest absolute Gasteiger partial charge is 0.458 e. The second kappa shape index (κ2) is 5.42. The summed E-state index contributed by atoms with van der Waals surface area (Å²) < 4.78 is 12.8. The molecule has 2 nitrogen and oxygen atoms in total. The van der Waals surface area contributed by atoms with Gasteiger partial charge in [-0.3, -0.25) is 0 Å². The van der Waals surface area contributed by atoms with E-state index in [1.54, 1.807) is 0 Å². The number of fused-ring (bicyclic) bond motifs is 8. The molecule has 3 heteroatoms. The fraction of sp³-hybridized carbons (Fsp3) is 0. The van der Waals surface area contributed by atoms with Gasteiger partial charge in [-0.05, 0) is 45.3 Å². The Balaban J connectivity index is 1.63. The summed E-state index contributed by atoms with van der Waals surface area (Å²) in [7, 11) is 0. The molecule has 0 radical (unpaired) electrons. The summed E-state index contributed by atoms with van der Waals surface area (Å²) in [5, 5.41) is 4.83. The molecule has 0 atom stereocenters. The molecule has 0 bridgehead atoms. The van der Waals surface area contributed by atoms with Gasteiger partial charge in [0.25, 0.3) is 6.71 Å². The van der Waals surface area contributed by atoms with Gasteiger partial charge in [0.15, 0.2) is 0 Å². The van der Waals surface area contributed by atoms with Gasteiger partial charge in [-0.15, -0.1) is 0 Å². The summed E-state index contributed by atoms with van der Waals surface area (Å²) in [5.74, 6) is 3.66. The zero-order valence-electron chi connectivity index (χ0n) is 15.6. The van der Waals surface area contributed by atoms with E-state index in [1.807, 2.05) is 18.2 Å². The lowest BCUT2D eigenvalue weighted by Crippen LogP contribution is -2.57. The van der Waals surface area contributed by atoms with E-state index in [2.05, 4.69) is 72.8 Å². The summed E-state index contributed by atoms with van der Waals surface area (Å²) in [6, 6.07) is 31.8. The number of ether oxygens (including phenoxy) is 2. The van der Waals surface area contributed by atoms with Crippen molar-refractivity contribution in [2.24, 2.45) is 0 Å². The van der Waals surface area contributed by atoms with Crippen molar-refractivity contribution in [3.63, 3.8) is 0 Å². The molecule has 0 saturated heterocycles. The van der Waals surface area contributed by atoms with Crippen molar-refractivity contribution >= 4 is 44.6 Å². The SMILES string of the molecule is c1ccc2c(c1)Oc1cccc3c1B2c1ccc2ccc4ccccc4c2c1O3. The van der Waals surface area contributed by atoms with Crippen LogP contribution in [-0.4, -0.2) is 6.71 Å². The van der Waals surface area contributed by atoms with Crippen molar-refractivity contribution in [2.75, 3.05) is 0 Å². The third-order valence-corrected chi connectivity index (χ3v) is 6.18. The van der Waals surface area contributed by atoms with E-state index in [-0.39, 0.29) is 6.71 Å². The maximum atomic E-state index is 6.58. The normalized spacial score (nSPS) is 13.3. The van der Waals surface area contributed by atoms with Crippen molar-refractivity contribution in [1.82, 2.24) is 0 Å². The standard InChI is InChI=1S/C26H15BO2/c1-2-7-18-16(6-1)12-13-17-14-15-20-26(24(17)18)29-23-11-5-10-22-25(23)27(20)19-8-3-4-9-21(19)28-22/h1-15H. The van der Waals surface area contributed by atoms with Gasteiger partial charge in [-0.2, -0.15) is 0 Å². The third-order valence-electron chi connectivity index (χ3n) is 6.18. The van der Waals surface area contributed by atoms with Crippen LogP contribution in [0.5, 0.6) is 23.0 Å². The molecular formula is C26H15BO2. The number of hydrogen-bond donors (Lipinski definition) is 0. The first-order valence-corrected chi connectivity index (χ1v) is 9.90. The lowest BCUT2D eigenvalue weighted by atomic mass is 9.34. The average Bonchev–Trinajstić information content (AvgIpc) is 2.78. The highest BCUT2D eigenvalue weighted by Gasteiger charge is 2.40. The van der Waals surface area contributed by atoms with Gasteiger partial charge in [0.1, 0.15) is 23.0 Å². The molecule has 29 heavy (non-hydrogen) atoms. The van der Waals surface area contributed by atoms with Crippen LogP contribution in [0.4, 0.5) is 0 Å². The Bertz CT molecular complexity index is 1470. The van der Waals surface area contributed by atoms with Crippen molar-refractivity contribution in [3.8, 4) is 23.0 Å². The van der Waals surface area contributed by atoms with Gasteiger partial charge in [0.2, 0.25) is 0 Å². The molecule has 5 aromatic rings. The lowest BCUT2D eigenvalue weighted by molar-refractivity contribution is 0.467. The first-order chi connectivity index (χ1) is 14.4. The maximum Gasteiger partial charge on any atom is 0.260 e. The van der Waals surface area contributed by atoms with Gasteiger partial charge in [0, 0.05) is 10.8 Å². The Morgan fingerprint density at radius 1 is 0.517 bits per heavy atom. The van der Waals surface area contributed by atoms with Gasteiger partial charge >= 0.3 is 0 Å². The molecule has 0 aliphatic carbocycles. The Kier molecular flexibility index (Phi) is 2.85. The first-order valence-electron chi connectivity index (χ1n) is 9.90. The van der Waals surface area contributed by atoms with E-state index >= 15 is 0 Å². The molecule has 2 heterocycles. The highest BCUT2D eigenvalue weighted by Crippen LogP contribution is 2.39. The predicted molar refractivity (Wildman–Crippen MR) is 119 cm³/mol. The number of rotatable bonds is 0. The van der Waals surface area contributed by atoms with Crippen LogP contribution in [0.25, 0.3) is 21.5 Å². The highest BCUT2D eigenvalue weighted by molar-refractivity contribution is 6.98. The van der Waals surface area contributed by atoms with Crippen LogP contribution in [0.15, 0.2) is 91.0 Å². The molecule has 0 saturated carbocycles. The van der Waals surface area contributed by atoms with E-state index in [1.165, 1.54) is 32.5 Å². The predicted octanol–water partition coefficient (Wildman–Crippen LogP) is 4.72. The lowest BCUT2D eigenvalue weighted by Gasteiger charge is -2.33. The van der Waals surface area contributed by atoms with Crippen molar-refractivity contribution in [3.05, 3.63) is 91.0 Å². The van der Waals surface area contributed by atoms with Crippen molar-refractivity contribution in [2.45, 2.75) is 0 Å². The molecule has 0 N–H and O–H groups in total. The highest BCUT2D eigenvalue weighted by atomic mass is 16.5. The van der Waals surface area contributed by atoms with Crippen LogP contribution in [-0.2, 0) is 0 Å². The zero-order chi connectivity index (χ0) is 18.9. The average molecular weight is 370 g/mol. The summed E-state index contributed by atoms with van der Waals surface area (Å²) in [6.07, 6.45) is 0. The topological polar surface area (TPSA) is 18.5 Å². The molecule has 7 rings (SSSR count). The van der Waals surface area contributed by atoms with E-state index in [0.29, 0.717) is 0 Å². The minimum atomic E-state index is 0.110. The van der Waals surface area contributed by atoms with Crippen LogP contribution < -0.4 is 25.9 Å². The Morgan fingerprint density at radius 3 is 2.21 bits per heavy atom. The molecule has 0 fully saturated rings. The molecule has 2 aliphatic heterocycles. The summed E-state index contributed by atoms with van der Waals surface area (Å²) in [5.41, 5.74) is 3.51. The Hall–Kier alpha value is -3.72. The second-order valence-corrected chi connectivity index (χ2v) is 7.71. The third kappa shape index (κ3) is 1.97. The molecule has 0 aromatic heterocycles. The molecule has 0 spiro atoms. The quantitative estimate of drug-likeness (QED) is 0.284. The van der Waals surface area contributed by atoms with Crippen LogP contribution in [0.1, 0.15) is 0 Å². The number of benzene rings is 5. The molecule has 134 valence electrons. The minimum absolute atomic E-state index is 0.110. The Labute approximate surface area is 168 Å². The van der Waals surface area contributed by atoms with Crippen LogP contribution in [0.3, 0.4) is 0 Å².